The van der Waals surface area contributed by atoms with Gasteiger partial charge in [0.2, 0.25) is 0 Å². The van der Waals surface area contributed by atoms with Crippen LogP contribution in [0.25, 0.3) is 0 Å². The van der Waals surface area contributed by atoms with Gasteiger partial charge < -0.3 is 9.84 Å². The normalized spacial score (nSPS) is 18.9. The SMILES string of the molecule is CN(CCOc1ccccc1C#N)[C@@H]1c2cc(Cl)cc(Cl)c2C[C@H]1O. The Balaban J connectivity index is 1.69. The summed E-state index contributed by atoms with van der Waals surface area (Å²) in [5, 5.41) is 20.7. The maximum atomic E-state index is 10.5. The van der Waals surface area contributed by atoms with Gasteiger partial charge in [-0.1, -0.05) is 35.3 Å². The number of halogens is 2. The molecule has 1 aliphatic carbocycles. The predicted octanol–water partition coefficient (Wildman–Crippen LogP) is 3.83. The number of aliphatic hydroxyl groups excluding tert-OH is 1. The van der Waals surface area contributed by atoms with Gasteiger partial charge in [-0.05, 0) is 42.4 Å². The molecule has 1 aliphatic rings. The molecule has 2 atom stereocenters. The molecule has 0 aliphatic heterocycles. The highest BCUT2D eigenvalue weighted by atomic mass is 35.5. The highest BCUT2D eigenvalue weighted by molar-refractivity contribution is 6.35. The van der Waals surface area contributed by atoms with Gasteiger partial charge >= 0.3 is 0 Å². The van der Waals surface area contributed by atoms with E-state index in [0.717, 1.165) is 11.1 Å². The molecule has 130 valence electrons. The van der Waals surface area contributed by atoms with Gasteiger partial charge in [-0.2, -0.15) is 5.26 Å². The summed E-state index contributed by atoms with van der Waals surface area (Å²) in [6.07, 6.45) is -0.0271. The molecule has 0 radical (unpaired) electrons. The zero-order chi connectivity index (χ0) is 18.0. The van der Waals surface area contributed by atoms with Crippen molar-refractivity contribution in [1.82, 2.24) is 4.90 Å². The number of hydrogen-bond acceptors (Lipinski definition) is 4. The van der Waals surface area contributed by atoms with Crippen molar-refractivity contribution in [3.63, 3.8) is 0 Å². The topological polar surface area (TPSA) is 56.5 Å². The lowest BCUT2D eigenvalue weighted by molar-refractivity contribution is 0.0686. The molecule has 0 aromatic heterocycles. The zero-order valence-electron chi connectivity index (χ0n) is 13.7. The number of fused-ring (bicyclic) bond motifs is 1. The Morgan fingerprint density at radius 3 is 2.84 bits per heavy atom. The maximum Gasteiger partial charge on any atom is 0.137 e. The van der Waals surface area contributed by atoms with Crippen molar-refractivity contribution in [1.29, 1.82) is 5.26 Å². The number of ether oxygens (including phenoxy) is 1. The number of nitriles is 1. The first-order valence-corrected chi connectivity index (χ1v) is 8.75. The van der Waals surface area contributed by atoms with E-state index in [1.54, 1.807) is 24.3 Å². The summed E-state index contributed by atoms with van der Waals surface area (Å²) in [5.74, 6) is 0.567. The van der Waals surface area contributed by atoms with E-state index in [4.69, 9.17) is 33.2 Å². The van der Waals surface area contributed by atoms with Gasteiger partial charge in [0.25, 0.3) is 0 Å². The minimum Gasteiger partial charge on any atom is -0.491 e. The van der Waals surface area contributed by atoms with Gasteiger partial charge in [-0.15, -0.1) is 0 Å². The van der Waals surface area contributed by atoms with E-state index in [0.29, 0.717) is 40.9 Å². The van der Waals surface area contributed by atoms with E-state index in [-0.39, 0.29) is 6.04 Å². The van der Waals surface area contributed by atoms with E-state index >= 15 is 0 Å². The van der Waals surface area contributed by atoms with E-state index in [9.17, 15) is 5.11 Å². The molecule has 0 amide bonds. The summed E-state index contributed by atoms with van der Waals surface area (Å²) >= 11 is 12.4. The van der Waals surface area contributed by atoms with Crippen LogP contribution in [0, 0.1) is 11.3 Å². The van der Waals surface area contributed by atoms with Gasteiger partial charge in [0.05, 0.1) is 17.7 Å². The highest BCUT2D eigenvalue weighted by Gasteiger charge is 2.35. The van der Waals surface area contributed by atoms with Crippen molar-refractivity contribution in [2.75, 3.05) is 20.2 Å². The fraction of sp³-hybridized carbons (Fsp3) is 0.316. The standard InChI is InChI=1S/C19H18Cl2N2O2/c1-23(6-7-25-18-5-3-2-4-12(18)11-22)19-15-8-13(20)9-16(21)14(15)10-17(19)24/h2-5,8-9,17,19,24H,6-7,10H2,1H3/t17-,19-/m1/s1. The summed E-state index contributed by atoms with van der Waals surface area (Å²) in [6.45, 7) is 0.993. The van der Waals surface area contributed by atoms with Crippen molar-refractivity contribution < 1.29 is 9.84 Å². The fourth-order valence-corrected chi connectivity index (χ4v) is 3.87. The molecule has 6 heteroatoms. The zero-order valence-corrected chi connectivity index (χ0v) is 15.3. The van der Waals surface area contributed by atoms with Gasteiger partial charge in [-0.3, -0.25) is 4.90 Å². The fourth-order valence-electron chi connectivity index (χ4n) is 3.29. The first-order chi connectivity index (χ1) is 12.0. The van der Waals surface area contributed by atoms with E-state index in [1.807, 2.05) is 24.1 Å². The molecule has 0 saturated carbocycles. The molecule has 1 N–H and O–H groups in total. The molecule has 0 saturated heterocycles. The summed E-state index contributed by atoms with van der Waals surface area (Å²) in [7, 11) is 1.93. The average molecular weight is 377 g/mol. The smallest absolute Gasteiger partial charge is 0.137 e. The number of likely N-dealkylation sites (N-methyl/N-ethyl adjacent to an activating group) is 1. The lowest BCUT2D eigenvalue weighted by atomic mass is 10.1. The Morgan fingerprint density at radius 2 is 2.08 bits per heavy atom. The Kier molecular flexibility index (Phi) is 5.51. The van der Waals surface area contributed by atoms with Crippen LogP contribution in [0.1, 0.15) is 22.7 Å². The van der Waals surface area contributed by atoms with Gasteiger partial charge in [0.1, 0.15) is 18.4 Å². The van der Waals surface area contributed by atoms with Crippen LogP contribution in [0.3, 0.4) is 0 Å². The molecule has 0 spiro atoms. The van der Waals surface area contributed by atoms with Crippen molar-refractivity contribution in [2.24, 2.45) is 0 Å². The molecule has 2 aromatic rings. The van der Waals surface area contributed by atoms with Crippen LogP contribution in [0.2, 0.25) is 10.0 Å². The van der Waals surface area contributed by atoms with Gasteiger partial charge in [0.15, 0.2) is 0 Å². The number of benzene rings is 2. The van der Waals surface area contributed by atoms with Gasteiger partial charge in [0, 0.05) is 23.0 Å². The molecule has 2 aromatic carbocycles. The highest BCUT2D eigenvalue weighted by Crippen LogP contribution is 2.40. The largest absolute Gasteiger partial charge is 0.491 e. The van der Waals surface area contributed by atoms with Crippen LogP contribution in [0.4, 0.5) is 0 Å². The monoisotopic (exact) mass is 376 g/mol. The van der Waals surface area contributed by atoms with Crippen LogP contribution in [0.15, 0.2) is 36.4 Å². The van der Waals surface area contributed by atoms with Crippen molar-refractivity contribution in [3.8, 4) is 11.8 Å². The summed E-state index contributed by atoms with van der Waals surface area (Å²) in [4.78, 5) is 2.03. The van der Waals surface area contributed by atoms with Crippen LogP contribution in [-0.2, 0) is 6.42 Å². The van der Waals surface area contributed by atoms with Crippen LogP contribution in [-0.4, -0.2) is 36.3 Å². The second-order valence-electron chi connectivity index (χ2n) is 6.11. The number of aliphatic hydroxyl groups is 1. The van der Waals surface area contributed by atoms with Crippen LogP contribution < -0.4 is 4.74 Å². The van der Waals surface area contributed by atoms with E-state index in [2.05, 4.69) is 6.07 Å². The maximum absolute atomic E-state index is 10.5. The third-order valence-electron chi connectivity index (χ3n) is 4.48. The molecule has 0 unspecified atom stereocenters. The van der Waals surface area contributed by atoms with Gasteiger partial charge in [-0.25, -0.2) is 0 Å². The molecule has 25 heavy (non-hydrogen) atoms. The molecule has 0 bridgehead atoms. The Bertz CT molecular complexity index is 820. The minimum absolute atomic E-state index is 0.180. The Labute approximate surface area is 157 Å². The van der Waals surface area contributed by atoms with E-state index in [1.165, 1.54) is 0 Å². The van der Waals surface area contributed by atoms with Crippen LogP contribution in [0.5, 0.6) is 5.75 Å². The third-order valence-corrected chi connectivity index (χ3v) is 5.03. The number of hydrogen-bond donors (Lipinski definition) is 1. The summed E-state index contributed by atoms with van der Waals surface area (Å²) < 4.78 is 5.73. The Hall–Kier alpha value is -1.77. The number of nitrogens with zero attached hydrogens (tertiary/aromatic N) is 2. The summed E-state index contributed by atoms with van der Waals surface area (Å²) in [6, 6.07) is 12.6. The molecular formula is C19H18Cl2N2O2. The average Bonchev–Trinajstić information content (AvgIpc) is 2.91. The summed E-state index contributed by atoms with van der Waals surface area (Å²) in [5.41, 5.74) is 2.42. The van der Waals surface area contributed by atoms with E-state index < -0.39 is 6.10 Å². The molecule has 0 heterocycles. The van der Waals surface area contributed by atoms with Crippen molar-refractivity contribution >= 4 is 23.2 Å². The first-order valence-electron chi connectivity index (χ1n) is 7.99. The predicted molar refractivity (Wildman–Crippen MR) is 98.2 cm³/mol. The second-order valence-corrected chi connectivity index (χ2v) is 6.95. The van der Waals surface area contributed by atoms with Crippen LogP contribution >= 0.6 is 23.2 Å². The van der Waals surface area contributed by atoms with Crippen molar-refractivity contribution in [3.05, 3.63) is 63.1 Å². The number of para-hydroxylation sites is 1. The lowest BCUT2D eigenvalue weighted by Crippen LogP contribution is -2.34. The molecule has 3 rings (SSSR count). The molecule has 4 nitrogen and oxygen atoms in total. The molecular weight excluding hydrogens is 359 g/mol. The lowest BCUT2D eigenvalue weighted by Gasteiger charge is -2.28. The molecule has 0 fully saturated rings. The first kappa shape index (κ1) is 18.0. The third kappa shape index (κ3) is 3.75. The van der Waals surface area contributed by atoms with Crippen molar-refractivity contribution in [2.45, 2.75) is 18.6 Å². The Morgan fingerprint density at radius 1 is 1.32 bits per heavy atom. The number of rotatable bonds is 5. The second kappa shape index (κ2) is 7.63. The minimum atomic E-state index is -0.539. The quantitative estimate of drug-likeness (QED) is 0.861.